The van der Waals surface area contributed by atoms with Gasteiger partial charge in [0.15, 0.2) is 5.96 Å². The maximum Gasteiger partial charge on any atom is 0.218 e. The monoisotopic (exact) mass is 496 g/mol. The van der Waals surface area contributed by atoms with Crippen LogP contribution in [0.2, 0.25) is 0 Å². The number of aliphatic imine (C=N–C) groups is 1. The Bertz CT molecular complexity index is 736. The molecule has 1 atom stereocenters. The van der Waals surface area contributed by atoms with Crippen LogP contribution < -0.4 is 10.1 Å². The van der Waals surface area contributed by atoms with Crippen molar-refractivity contribution in [2.75, 3.05) is 33.9 Å². The van der Waals surface area contributed by atoms with E-state index >= 15 is 0 Å². The fourth-order valence-electron chi connectivity index (χ4n) is 3.17. The van der Waals surface area contributed by atoms with Crippen molar-refractivity contribution in [3.63, 3.8) is 0 Å². The van der Waals surface area contributed by atoms with E-state index in [0.717, 1.165) is 43.3 Å². The molecule has 0 aliphatic carbocycles. The summed E-state index contributed by atoms with van der Waals surface area (Å²) in [5.41, 5.74) is 2.13. The molecule has 7 heteroatoms. The molecule has 1 aromatic carbocycles. The lowest BCUT2D eigenvalue weighted by molar-refractivity contribution is 0.181. The highest BCUT2D eigenvalue weighted by atomic mass is 127. The minimum Gasteiger partial charge on any atom is -0.473 e. The molecule has 1 N–H and O–H groups in total. The SMILES string of the molecule is CN=C(NCc1cccnc1OCc1ccccc1)N(C)CC1CCOC1.I. The molecule has 1 aliphatic heterocycles. The van der Waals surface area contributed by atoms with Crippen LogP contribution in [0.15, 0.2) is 53.7 Å². The van der Waals surface area contributed by atoms with Crippen LogP contribution in [-0.2, 0) is 17.9 Å². The summed E-state index contributed by atoms with van der Waals surface area (Å²) < 4.78 is 11.4. The number of ether oxygens (including phenoxy) is 2. The number of benzene rings is 1. The largest absolute Gasteiger partial charge is 0.473 e. The highest BCUT2D eigenvalue weighted by Crippen LogP contribution is 2.17. The highest BCUT2D eigenvalue weighted by molar-refractivity contribution is 14.0. The molecule has 1 fully saturated rings. The number of guanidine groups is 1. The summed E-state index contributed by atoms with van der Waals surface area (Å²) in [5.74, 6) is 2.08. The third-order valence-corrected chi connectivity index (χ3v) is 4.63. The van der Waals surface area contributed by atoms with Crippen LogP contribution in [0.1, 0.15) is 17.5 Å². The van der Waals surface area contributed by atoms with Crippen molar-refractivity contribution in [1.82, 2.24) is 15.2 Å². The molecule has 2 heterocycles. The number of halogens is 1. The number of pyridine rings is 1. The van der Waals surface area contributed by atoms with E-state index in [0.29, 0.717) is 24.9 Å². The standard InChI is InChI=1S/C21H28N4O2.HI/c1-22-21(25(2)14-18-10-12-26-15-18)24-13-19-9-6-11-23-20(19)27-16-17-7-4-3-5-8-17;/h3-9,11,18H,10,12-16H2,1-2H3,(H,22,24);1H. The average Bonchev–Trinajstić information content (AvgIpc) is 3.21. The van der Waals surface area contributed by atoms with Gasteiger partial charge in [-0.05, 0) is 18.1 Å². The van der Waals surface area contributed by atoms with Crippen LogP contribution in [0.4, 0.5) is 0 Å². The molecular weight excluding hydrogens is 467 g/mol. The van der Waals surface area contributed by atoms with Crippen molar-refractivity contribution >= 4 is 29.9 Å². The number of rotatable bonds is 7. The molecule has 1 saturated heterocycles. The predicted molar refractivity (Wildman–Crippen MR) is 122 cm³/mol. The number of hydrogen-bond acceptors (Lipinski definition) is 4. The van der Waals surface area contributed by atoms with Crippen molar-refractivity contribution < 1.29 is 9.47 Å². The van der Waals surface area contributed by atoms with Crippen molar-refractivity contribution in [2.24, 2.45) is 10.9 Å². The Morgan fingerprint density at radius 2 is 2.11 bits per heavy atom. The number of hydrogen-bond donors (Lipinski definition) is 1. The minimum atomic E-state index is 0. The Kier molecular flexibility index (Phi) is 9.49. The smallest absolute Gasteiger partial charge is 0.218 e. The molecule has 6 nitrogen and oxygen atoms in total. The van der Waals surface area contributed by atoms with E-state index < -0.39 is 0 Å². The lowest BCUT2D eigenvalue weighted by atomic mass is 10.1. The lowest BCUT2D eigenvalue weighted by Crippen LogP contribution is -2.41. The first-order valence-electron chi connectivity index (χ1n) is 9.36. The van der Waals surface area contributed by atoms with E-state index in [1.165, 1.54) is 0 Å². The Morgan fingerprint density at radius 1 is 1.29 bits per heavy atom. The lowest BCUT2D eigenvalue weighted by Gasteiger charge is -2.24. The van der Waals surface area contributed by atoms with Gasteiger partial charge in [0.05, 0.1) is 6.61 Å². The second-order valence-electron chi connectivity index (χ2n) is 6.75. The molecule has 1 aromatic heterocycles. The van der Waals surface area contributed by atoms with Gasteiger partial charge in [-0.15, -0.1) is 24.0 Å². The van der Waals surface area contributed by atoms with Crippen LogP contribution in [0, 0.1) is 5.92 Å². The van der Waals surface area contributed by atoms with Gasteiger partial charge in [0.25, 0.3) is 0 Å². The Labute approximate surface area is 184 Å². The van der Waals surface area contributed by atoms with Crippen LogP contribution in [-0.4, -0.2) is 49.7 Å². The fraction of sp³-hybridized carbons (Fsp3) is 0.429. The summed E-state index contributed by atoms with van der Waals surface area (Å²) in [6.07, 6.45) is 2.87. The van der Waals surface area contributed by atoms with Gasteiger partial charge in [0, 0.05) is 51.5 Å². The zero-order valence-corrected chi connectivity index (χ0v) is 18.8. The molecule has 0 amide bonds. The van der Waals surface area contributed by atoms with Crippen molar-refractivity contribution in [3.8, 4) is 5.88 Å². The molecule has 0 radical (unpaired) electrons. The zero-order chi connectivity index (χ0) is 18.9. The second kappa shape index (κ2) is 11.9. The first kappa shape index (κ1) is 22.4. The number of aromatic nitrogens is 1. The minimum absolute atomic E-state index is 0. The average molecular weight is 496 g/mol. The number of nitrogens with one attached hydrogen (secondary N) is 1. The molecular formula is C21H29IN4O2. The van der Waals surface area contributed by atoms with Gasteiger partial charge in [0.2, 0.25) is 5.88 Å². The summed E-state index contributed by atoms with van der Waals surface area (Å²) in [6.45, 7) is 3.74. The van der Waals surface area contributed by atoms with Crippen molar-refractivity contribution in [2.45, 2.75) is 19.6 Å². The molecule has 1 aliphatic rings. The normalized spacial score (nSPS) is 16.4. The van der Waals surface area contributed by atoms with E-state index in [2.05, 4.69) is 27.2 Å². The van der Waals surface area contributed by atoms with E-state index in [9.17, 15) is 0 Å². The van der Waals surface area contributed by atoms with Gasteiger partial charge in [0.1, 0.15) is 6.61 Å². The summed E-state index contributed by atoms with van der Waals surface area (Å²) in [4.78, 5) is 10.9. The van der Waals surface area contributed by atoms with E-state index in [4.69, 9.17) is 9.47 Å². The van der Waals surface area contributed by atoms with Crippen molar-refractivity contribution in [1.29, 1.82) is 0 Å². The molecule has 152 valence electrons. The predicted octanol–water partition coefficient (Wildman–Crippen LogP) is 3.32. The quantitative estimate of drug-likeness (QED) is 0.362. The number of nitrogens with zero attached hydrogens (tertiary/aromatic N) is 3. The fourth-order valence-corrected chi connectivity index (χ4v) is 3.17. The van der Waals surface area contributed by atoms with Gasteiger partial charge in [-0.1, -0.05) is 36.4 Å². The summed E-state index contributed by atoms with van der Waals surface area (Å²) in [6, 6.07) is 14.1. The maximum absolute atomic E-state index is 5.94. The summed E-state index contributed by atoms with van der Waals surface area (Å²) >= 11 is 0. The van der Waals surface area contributed by atoms with Gasteiger partial charge in [-0.2, -0.15) is 0 Å². The highest BCUT2D eigenvalue weighted by Gasteiger charge is 2.19. The topological polar surface area (TPSA) is 59.0 Å². The van der Waals surface area contributed by atoms with Crippen LogP contribution >= 0.6 is 24.0 Å². The van der Waals surface area contributed by atoms with E-state index in [1.807, 2.05) is 42.5 Å². The second-order valence-corrected chi connectivity index (χ2v) is 6.75. The Balaban J connectivity index is 0.00000280. The van der Waals surface area contributed by atoms with Crippen LogP contribution in [0.3, 0.4) is 0 Å². The van der Waals surface area contributed by atoms with E-state index in [1.54, 1.807) is 13.2 Å². The van der Waals surface area contributed by atoms with Gasteiger partial charge >= 0.3 is 0 Å². The molecule has 0 bridgehead atoms. The third kappa shape index (κ3) is 6.63. The van der Waals surface area contributed by atoms with Crippen LogP contribution in [0.5, 0.6) is 5.88 Å². The molecule has 2 aromatic rings. The zero-order valence-electron chi connectivity index (χ0n) is 16.5. The molecule has 0 spiro atoms. The Morgan fingerprint density at radius 3 is 2.82 bits per heavy atom. The third-order valence-electron chi connectivity index (χ3n) is 4.63. The Hall–Kier alpha value is -1.87. The first-order valence-corrected chi connectivity index (χ1v) is 9.36. The molecule has 1 unspecified atom stereocenters. The van der Waals surface area contributed by atoms with Gasteiger partial charge in [-0.3, -0.25) is 4.99 Å². The summed E-state index contributed by atoms with van der Waals surface area (Å²) in [5, 5.41) is 3.41. The summed E-state index contributed by atoms with van der Waals surface area (Å²) in [7, 11) is 3.86. The first-order chi connectivity index (χ1) is 13.3. The van der Waals surface area contributed by atoms with E-state index in [-0.39, 0.29) is 24.0 Å². The molecule has 0 saturated carbocycles. The maximum atomic E-state index is 5.94. The van der Waals surface area contributed by atoms with Crippen molar-refractivity contribution in [3.05, 3.63) is 59.8 Å². The van der Waals surface area contributed by atoms with Crippen LogP contribution in [0.25, 0.3) is 0 Å². The molecule has 28 heavy (non-hydrogen) atoms. The van der Waals surface area contributed by atoms with Gasteiger partial charge < -0.3 is 19.7 Å². The van der Waals surface area contributed by atoms with Gasteiger partial charge in [-0.25, -0.2) is 4.98 Å². The molecule has 3 rings (SSSR count).